The molecule has 0 fully saturated rings. The van der Waals surface area contributed by atoms with Crippen LogP contribution in [0.2, 0.25) is 0 Å². The zero-order valence-electron chi connectivity index (χ0n) is 12.0. The summed E-state index contributed by atoms with van der Waals surface area (Å²) in [6.45, 7) is 5.76. The summed E-state index contributed by atoms with van der Waals surface area (Å²) in [7, 11) is -3.09. The Kier molecular flexibility index (Phi) is 6.44. The molecular formula is C14H20INO3S. The third kappa shape index (κ3) is 4.73. The Morgan fingerprint density at radius 2 is 1.80 bits per heavy atom. The van der Waals surface area contributed by atoms with Gasteiger partial charge in [0.1, 0.15) is 0 Å². The molecule has 0 N–H and O–H groups in total. The molecule has 1 aromatic rings. The van der Waals surface area contributed by atoms with Crippen LogP contribution in [0.4, 0.5) is 0 Å². The average Bonchev–Trinajstić information content (AvgIpc) is 2.39. The Hall–Kier alpha value is -0.630. The number of rotatable bonds is 6. The fourth-order valence-corrected chi connectivity index (χ4v) is 3.50. The van der Waals surface area contributed by atoms with E-state index in [0.717, 1.165) is 3.57 Å². The quantitative estimate of drug-likeness (QED) is 0.679. The Balaban J connectivity index is 2.89. The van der Waals surface area contributed by atoms with Crippen molar-refractivity contribution in [3.63, 3.8) is 0 Å². The van der Waals surface area contributed by atoms with Crippen LogP contribution in [0.1, 0.15) is 31.1 Å². The molecule has 1 atom stereocenters. The Morgan fingerprint density at radius 1 is 1.25 bits per heavy atom. The Bertz CT molecular complexity index is 554. The number of nitrogens with zero attached hydrogens (tertiary/aromatic N) is 1. The monoisotopic (exact) mass is 409 g/mol. The first-order chi connectivity index (χ1) is 9.30. The SMILES string of the molecule is CCN(C(=O)c1ccc(I)cc1)[C@@H](C)CS(=O)(=O)CC. The van der Waals surface area contributed by atoms with Gasteiger partial charge in [-0.15, -0.1) is 0 Å². The molecule has 0 saturated carbocycles. The molecule has 0 aliphatic heterocycles. The zero-order chi connectivity index (χ0) is 15.3. The van der Waals surface area contributed by atoms with Crippen LogP contribution in [-0.4, -0.2) is 43.3 Å². The number of benzene rings is 1. The molecule has 112 valence electrons. The molecule has 0 bridgehead atoms. The third-order valence-electron chi connectivity index (χ3n) is 3.16. The van der Waals surface area contributed by atoms with Crippen LogP contribution in [0.25, 0.3) is 0 Å². The van der Waals surface area contributed by atoms with Crippen LogP contribution in [0.15, 0.2) is 24.3 Å². The molecule has 0 saturated heterocycles. The highest BCUT2D eigenvalue weighted by Gasteiger charge is 2.24. The van der Waals surface area contributed by atoms with Gasteiger partial charge in [-0.05, 0) is 60.7 Å². The molecule has 1 amide bonds. The number of carbonyl (C=O) groups excluding carboxylic acids is 1. The van der Waals surface area contributed by atoms with Crippen molar-refractivity contribution in [1.29, 1.82) is 0 Å². The summed E-state index contributed by atoms with van der Waals surface area (Å²) < 4.78 is 24.4. The van der Waals surface area contributed by atoms with Crippen LogP contribution in [0.3, 0.4) is 0 Å². The summed E-state index contributed by atoms with van der Waals surface area (Å²) in [5.74, 6) is -0.0113. The molecule has 1 rings (SSSR count). The van der Waals surface area contributed by atoms with Gasteiger partial charge in [-0.1, -0.05) is 6.92 Å². The molecule has 0 unspecified atom stereocenters. The molecule has 0 aliphatic carbocycles. The van der Waals surface area contributed by atoms with E-state index in [1.165, 1.54) is 0 Å². The molecule has 0 aromatic heterocycles. The number of hydrogen-bond acceptors (Lipinski definition) is 3. The van der Waals surface area contributed by atoms with E-state index in [1.54, 1.807) is 30.9 Å². The van der Waals surface area contributed by atoms with E-state index in [0.29, 0.717) is 12.1 Å². The van der Waals surface area contributed by atoms with Gasteiger partial charge >= 0.3 is 0 Å². The summed E-state index contributed by atoms with van der Waals surface area (Å²) in [6, 6.07) is 6.96. The summed E-state index contributed by atoms with van der Waals surface area (Å²) >= 11 is 2.18. The predicted molar refractivity (Wildman–Crippen MR) is 89.7 cm³/mol. The second-order valence-electron chi connectivity index (χ2n) is 4.65. The molecule has 20 heavy (non-hydrogen) atoms. The molecule has 4 nitrogen and oxygen atoms in total. The van der Waals surface area contributed by atoms with Crippen molar-refractivity contribution in [2.75, 3.05) is 18.1 Å². The fraction of sp³-hybridized carbons (Fsp3) is 0.500. The lowest BCUT2D eigenvalue weighted by Gasteiger charge is -2.28. The second kappa shape index (κ2) is 7.40. The topological polar surface area (TPSA) is 54.5 Å². The van der Waals surface area contributed by atoms with Gasteiger partial charge in [0.15, 0.2) is 9.84 Å². The summed E-state index contributed by atoms with van der Waals surface area (Å²) in [5, 5.41) is 0. The molecule has 1 aromatic carbocycles. The van der Waals surface area contributed by atoms with Crippen LogP contribution < -0.4 is 0 Å². The van der Waals surface area contributed by atoms with Crippen molar-refractivity contribution >= 4 is 38.3 Å². The maximum atomic E-state index is 12.4. The number of halogens is 1. The highest BCUT2D eigenvalue weighted by Crippen LogP contribution is 2.12. The van der Waals surface area contributed by atoms with E-state index < -0.39 is 9.84 Å². The van der Waals surface area contributed by atoms with Crippen molar-refractivity contribution in [3.8, 4) is 0 Å². The van der Waals surface area contributed by atoms with Gasteiger partial charge in [-0.2, -0.15) is 0 Å². The van der Waals surface area contributed by atoms with Crippen molar-refractivity contribution < 1.29 is 13.2 Å². The van der Waals surface area contributed by atoms with E-state index in [9.17, 15) is 13.2 Å². The maximum Gasteiger partial charge on any atom is 0.254 e. The van der Waals surface area contributed by atoms with Crippen molar-refractivity contribution in [2.24, 2.45) is 0 Å². The van der Waals surface area contributed by atoms with E-state index in [-0.39, 0.29) is 23.5 Å². The van der Waals surface area contributed by atoms with Gasteiger partial charge in [-0.25, -0.2) is 8.42 Å². The van der Waals surface area contributed by atoms with E-state index in [1.807, 2.05) is 19.1 Å². The van der Waals surface area contributed by atoms with Crippen LogP contribution >= 0.6 is 22.6 Å². The van der Waals surface area contributed by atoms with Gasteiger partial charge in [0, 0.05) is 27.5 Å². The first-order valence-corrected chi connectivity index (χ1v) is 9.47. The van der Waals surface area contributed by atoms with Gasteiger partial charge in [0.05, 0.1) is 5.75 Å². The summed E-state index contributed by atoms with van der Waals surface area (Å²) in [5.41, 5.74) is 0.591. The molecule has 0 radical (unpaired) electrons. The van der Waals surface area contributed by atoms with E-state index in [4.69, 9.17) is 0 Å². The first kappa shape index (κ1) is 17.4. The lowest BCUT2D eigenvalue weighted by Crippen LogP contribution is -2.42. The largest absolute Gasteiger partial charge is 0.335 e. The number of sulfone groups is 1. The molecular weight excluding hydrogens is 389 g/mol. The van der Waals surface area contributed by atoms with Crippen LogP contribution in [0, 0.1) is 3.57 Å². The van der Waals surface area contributed by atoms with Crippen LogP contribution in [0.5, 0.6) is 0 Å². The lowest BCUT2D eigenvalue weighted by molar-refractivity contribution is 0.0719. The predicted octanol–water partition coefficient (Wildman–Crippen LogP) is 2.58. The normalized spacial score (nSPS) is 13.0. The highest BCUT2D eigenvalue weighted by atomic mass is 127. The van der Waals surface area contributed by atoms with Crippen LogP contribution in [-0.2, 0) is 9.84 Å². The zero-order valence-corrected chi connectivity index (χ0v) is 14.9. The molecule has 0 aliphatic rings. The van der Waals surface area contributed by atoms with Crippen molar-refractivity contribution in [3.05, 3.63) is 33.4 Å². The Labute approximate surface area is 134 Å². The highest BCUT2D eigenvalue weighted by molar-refractivity contribution is 14.1. The first-order valence-electron chi connectivity index (χ1n) is 6.57. The molecule has 0 spiro atoms. The van der Waals surface area contributed by atoms with Gasteiger partial charge in [0.2, 0.25) is 0 Å². The molecule has 6 heteroatoms. The smallest absolute Gasteiger partial charge is 0.254 e. The number of amides is 1. The lowest BCUT2D eigenvalue weighted by atomic mass is 10.2. The minimum Gasteiger partial charge on any atom is -0.335 e. The van der Waals surface area contributed by atoms with Gasteiger partial charge in [0.25, 0.3) is 5.91 Å². The minimum absolute atomic E-state index is 0.00739. The average molecular weight is 409 g/mol. The van der Waals surface area contributed by atoms with E-state index in [2.05, 4.69) is 22.6 Å². The summed E-state index contributed by atoms with van der Waals surface area (Å²) in [4.78, 5) is 14.0. The number of carbonyl (C=O) groups is 1. The second-order valence-corrected chi connectivity index (χ2v) is 8.29. The fourth-order valence-electron chi connectivity index (χ4n) is 1.99. The molecule has 0 heterocycles. The Morgan fingerprint density at radius 3 is 2.25 bits per heavy atom. The van der Waals surface area contributed by atoms with Crippen molar-refractivity contribution in [1.82, 2.24) is 4.90 Å². The maximum absolute atomic E-state index is 12.4. The van der Waals surface area contributed by atoms with Crippen molar-refractivity contribution in [2.45, 2.75) is 26.8 Å². The van der Waals surface area contributed by atoms with Gasteiger partial charge in [-0.3, -0.25) is 4.79 Å². The third-order valence-corrected chi connectivity index (χ3v) is 5.75. The van der Waals surface area contributed by atoms with E-state index >= 15 is 0 Å². The number of hydrogen-bond donors (Lipinski definition) is 0. The standard InChI is InChI=1S/C14H20INO3S/c1-4-16(11(3)10-20(18,19)5-2)14(17)12-6-8-13(15)9-7-12/h6-9,11H,4-5,10H2,1-3H3/t11-/m0/s1. The minimum atomic E-state index is -3.09. The van der Waals surface area contributed by atoms with Gasteiger partial charge < -0.3 is 4.90 Å². The summed E-state index contributed by atoms with van der Waals surface area (Å²) in [6.07, 6.45) is 0.